The average molecular weight is 596 g/mol. The van der Waals surface area contributed by atoms with Crippen LogP contribution in [0, 0.1) is 3.57 Å². The molecular weight excluding hydrogens is 576 g/mol. The molecule has 3 heterocycles. The van der Waals surface area contributed by atoms with Crippen LogP contribution >= 0.6 is 19.4 Å². The molecule has 0 amide bonds. The van der Waals surface area contributed by atoms with Crippen LogP contribution in [0.2, 0.25) is 0 Å². The Balaban J connectivity index is 1.58. The summed E-state index contributed by atoms with van der Waals surface area (Å²) in [6.07, 6.45) is 0.500. The zero-order valence-corrected chi connectivity index (χ0v) is 21.9. The zero-order chi connectivity index (χ0) is 24.7. The van der Waals surface area contributed by atoms with Crippen LogP contribution in [-0.2, 0) is 6.42 Å². The van der Waals surface area contributed by atoms with Gasteiger partial charge >= 0.3 is 219 Å². The van der Waals surface area contributed by atoms with Gasteiger partial charge in [0.15, 0.2) is 0 Å². The molecule has 0 spiro atoms. The molecule has 2 nitrogen and oxygen atoms in total. The number of hydrogen-bond donors (Lipinski definition) is 0. The molecular formula is C31H20BF2IN2. The topological polar surface area (TPSA) is 17.3 Å². The van der Waals surface area contributed by atoms with Crippen LogP contribution in [0.1, 0.15) is 11.1 Å². The van der Waals surface area contributed by atoms with Crippen molar-refractivity contribution in [2.45, 2.75) is 6.42 Å². The number of nitrogens with zero attached hydrogens (tertiary/aromatic N) is 2. The van der Waals surface area contributed by atoms with Crippen molar-refractivity contribution in [2.75, 3.05) is 0 Å². The van der Waals surface area contributed by atoms with Crippen LogP contribution in [-0.4, -0.2) is 11.3 Å². The van der Waals surface area contributed by atoms with E-state index in [0.29, 0.717) is 12.1 Å². The first-order valence-corrected chi connectivity index (χ1v) is 16.0. The fourth-order valence-electron chi connectivity index (χ4n) is 6.34. The maximum atomic E-state index is 16.4. The molecule has 2 aliphatic rings. The second-order valence-electron chi connectivity index (χ2n) is 9.70. The Kier molecular flexibility index (Phi) is 4.45. The van der Waals surface area contributed by atoms with Gasteiger partial charge in [-0.25, -0.2) is 0 Å². The Labute approximate surface area is 218 Å². The Morgan fingerprint density at radius 3 is 2.30 bits per heavy atom. The van der Waals surface area contributed by atoms with E-state index < -0.39 is 19.4 Å². The van der Waals surface area contributed by atoms with Crippen LogP contribution in [0.4, 0.5) is 11.4 Å². The van der Waals surface area contributed by atoms with Crippen LogP contribution in [0.5, 0.6) is 0 Å². The normalized spacial score (nSPS) is 13.9. The first kappa shape index (κ1) is 21.4. The van der Waals surface area contributed by atoms with E-state index in [1.807, 2.05) is 24.3 Å². The third kappa shape index (κ3) is 2.96. The quantitative estimate of drug-likeness (QED) is 0.151. The summed E-state index contributed by atoms with van der Waals surface area (Å²) in [4.78, 5) is 0. The minimum absolute atomic E-state index is 0.0796. The summed E-state index contributed by atoms with van der Waals surface area (Å²) < 4.78 is 39.4. The Morgan fingerprint density at radius 1 is 0.730 bits per heavy atom. The van der Waals surface area contributed by atoms with Crippen molar-refractivity contribution in [3.8, 4) is 5.69 Å². The maximum absolute atomic E-state index is 16.4. The summed E-state index contributed by atoms with van der Waals surface area (Å²) in [5.41, 5.74) is 8.91. The zero-order valence-electron chi connectivity index (χ0n) is 19.7. The summed E-state index contributed by atoms with van der Waals surface area (Å²) in [6, 6.07) is 35.5. The first-order chi connectivity index (χ1) is 18.1. The van der Waals surface area contributed by atoms with Crippen molar-refractivity contribution < 1.29 is 5.72 Å². The van der Waals surface area contributed by atoms with E-state index in [9.17, 15) is 0 Å². The van der Waals surface area contributed by atoms with Crippen LogP contribution in [0.15, 0.2) is 112 Å². The SMILES string of the molecule is FI(F)(=Nc1ccccc1)c1cc2c3ccccc3n3c2c2c1Cc1ccccc1B2c1ccccc1-3. The van der Waals surface area contributed by atoms with E-state index in [0.717, 1.165) is 49.5 Å². The van der Waals surface area contributed by atoms with Gasteiger partial charge in [0.05, 0.1) is 0 Å². The molecule has 37 heavy (non-hydrogen) atoms. The van der Waals surface area contributed by atoms with Gasteiger partial charge in [-0.1, -0.05) is 0 Å². The van der Waals surface area contributed by atoms with Gasteiger partial charge in [0, 0.05) is 0 Å². The number of fused-ring (bicyclic) bond motifs is 8. The fraction of sp³-hybridized carbons (Fsp3) is 0.0323. The van der Waals surface area contributed by atoms with Crippen molar-refractivity contribution >= 4 is 70.0 Å². The van der Waals surface area contributed by atoms with Crippen molar-refractivity contribution in [3.63, 3.8) is 0 Å². The van der Waals surface area contributed by atoms with E-state index in [2.05, 4.69) is 62.3 Å². The number of para-hydroxylation sites is 2. The van der Waals surface area contributed by atoms with Gasteiger partial charge in [-0.15, -0.1) is 0 Å². The molecule has 0 unspecified atom stereocenters. The van der Waals surface area contributed by atoms with Gasteiger partial charge in [0.25, 0.3) is 0 Å². The van der Waals surface area contributed by atoms with Crippen LogP contribution in [0.25, 0.3) is 27.5 Å². The first-order valence-electron chi connectivity index (χ1n) is 12.3. The number of aromatic nitrogens is 1. The van der Waals surface area contributed by atoms with Crippen LogP contribution < -0.4 is 16.4 Å². The molecule has 0 bridgehead atoms. The Morgan fingerprint density at radius 2 is 1.43 bits per heavy atom. The van der Waals surface area contributed by atoms with Crippen molar-refractivity contribution in [1.29, 1.82) is 0 Å². The van der Waals surface area contributed by atoms with Gasteiger partial charge in [0.2, 0.25) is 0 Å². The molecule has 0 N–H and O–H groups in total. The van der Waals surface area contributed by atoms with Gasteiger partial charge in [-0.3, -0.25) is 0 Å². The minimum atomic E-state index is -5.74. The summed E-state index contributed by atoms with van der Waals surface area (Å²) >= 11 is -5.74. The second-order valence-corrected chi connectivity index (χ2v) is 13.7. The second kappa shape index (κ2) is 7.68. The predicted molar refractivity (Wildman–Crippen MR) is 158 cm³/mol. The molecule has 178 valence electrons. The van der Waals surface area contributed by atoms with Gasteiger partial charge in [-0.05, 0) is 0 Å². The molecule has 0 saturated carbocycles. The Hall–Kier alpha value is -3.65. The molecule has 6 aromatic rings. The molecule has 0 radical (unpaired) electrons. The molecule has 0 saturated heterocycles. The van der Waals surface area contributed by atoms with Crippen molar-refractivity contribution in [1.82, 2.24) is 4.57 Å². The monoisotopic (exact) mass is 596 g/mol. The molecule has 5 aromatic carbocycles. The fourth-order valence-corrected chi connectivity index (χ4v) is 9.57. The molecule has 2 aliphatic heterocycles. The van der Waals surface area contributed by atoms with E-state index in [1.165, 1.54) is 5.46 Å². The van der Waals surface area contributed by atoms with Gasteiger partial charge in [-0.2, -0.15) is 0 Å². The predicted octanol–water partition coefficient (Wildman–Crippen LogP) is 7.01. The molecule has 0 atom stereocenters. The summed E-state index contributed by atoms with van der Waals surface area (Å²) in [6.45, 7) is -0.0796. The van der Waals surface area contributed by atoms with Crippen LogP contribution in [0.3, 0.4) is 0 Å². The summed E-state index contributed by atoms with van der Waals surface area (Å²) in [5, 5.41) is 1.90. The molecule has 0 fully saturated rings. The number of benzene rings is 5. The number of rotatable bonds is 2. The molecule has 6 heteroatoms. The third-order valence-corrected chi connectivity index (χ3v) is 11.3. The van der Waals surface area contributed by atoms with Gasteiger partial charge < -0.3 is 0 Å². The van der Waals surface area contributed by atoms with Gasteiger partial charge in [0.1, 0.15) is 0 Å². The average Bonchev–Trinajstić information content (AvgIpc) is 3.27. The standard InChI is InChI=1S/C31H20BF2IN2/c33-35(34,36-21-11-2-1-3-12-21)27-19-23-22-13-5-8-16-28(22)37-29-17-9-7-15-26(29)32-25-14-6-4-10-20(25)18-24(27)30(32)31(23)37/h1-17,19H,18H2. The third-order valence-electron chi connectivity index (χ3n) is 7.77. The number of hydrogen-bond acceptors (Lipinski definition) is 1. The van der Waals surface area contributed by atoms with E-state index >= 15 is 5.72 Å². The summed E-state index contributed by atoms with van der Waals surface area (Å²) in [5.74, 6) is 0. The molecule has 1 aromatic heterocycles. The van der Waals surface area contributed by atoms with E-state index in [1.54, 1.807) is 30.3 Å². The van der Waals surface area contributed by atoms with E-state index in [-0.39, 0.29) is 10.3 Å². The Bertz CT molecular complexity index is 1960. The van der Waals surface area contributed by atoms with Crippen molar-refractivity contribution in [2.24, 2.45) is 3.15 Å². The van der Waals surface area contributed by atoms with Crippen molar-refractivity contribution in [3.05, 3.63) is 124 Å². The molecule has 8 rings (SSSR count). The van der Waals surface area contributed by atoms with E-state index in [4.69, 9.17) is 0 Å². The summed E-state index contributed by atoms with van der Waals surface area (Å²) in [7, 11) is 0. The molecule has 0 aliphatic carbocycles. The number of halogens is 3.